The number of morpholine rings is 1. The summed E-state index contributed by atoms with van der Waals surface area (Å²) in [4.78, 5) is 57.0. The first-order chi connectivity index (χ1) is 26.8. The van der Waals surface area contributed by atoms with Gasteiger partial charge in [-0.1, -0.05) is 80.6 Å². The van der Waals surface area contributed by atoms with Gasteiger partial charge in [-0.15, -0.1) is 0 Å². The van der Waals surface area contributed by atoms with Crippen LogP contribution in [-0.4, -0.2) is 96.7 Å². The number of rotatable bonds is 16. The largest absolute Gasteiger partial charge is 0.454 e. The van der Waals surface area contributed by atoms with Crippen molar-refractivity contribution >= 4 is 23.8 Å². The molecule has 1 saturated heterocycles. The Labute approximate surface area is 329 Å². The maximum absolute atomic E-state index is 14.4. The van der Waals surface area contributed by atoms with Gasteiger partial charge < -0.3 is 44.9 Å². The monoisotopic (exact) mass is 772 g/mol. The van der Waals surface area contributed by atoms with Gasteiger partial charge in [-0.25, -0.2) is 4.79 Å². The third-order valence-electron chi connectivity index (χ3n) is 9.75. The minimum Gasteiger partial charge on any atom is -0.454 e. The number of amides is 4. The molecule has 3 aromatic carbocycles. The van der Waals surface area contributed by atoms with Crippen molar-refractivity contribution in [1.82, 2.24) is 20.9 Å². The lowest BCUT2D eigenvalue weighted by Gasteiger charge is -2.32. The molecule has 4 N–H and O–H groups in total. The Balaban J connectivity index is 1.38. The van der Waals surface area contributed by atoms with Gasteiger partial charge in [0.1, 0.15) is 17.7 Å². The van der Waals surface area contributed by atoms with Gasteiger partial charge in [0.2, 0.25) is 24.5 Å². The summed E-state index contributed by atoms with van der Waals surface area (Å²) in [5.41, 5.74) is 1.74. The van der Waals surface area contributed by atoms with Gasteiger partial charge in [-0.05, 0) is 74.8 Å². The number of carbonyl (C=O) groups is 4. The third kappa shape index (κ3) is 12.4. The fourth-order valence-corrected chi connectivity index (χ4v) is 6.82. The first-order valence-electron chi connectivity index (χ1n) is 19.4. The fraction of sp³-hybridized carbons (Fsp3) is 0.488. The SMILES string of the molecule is CC(C)[C@H](NC(=O)[C@@H](Cc1ccc2c(c1)OCO2)C[C@H](O)[C@H](Cc1ccccc1)NC(=O)OC(C)(C)C)C(=O)N[C@@H](Cc1ccccc1)C(=O)N1CCOCC1. The standard InChI is InChI=1S/C43H56N4O9/c1-28(2)38(40(50)44-34(24-30-14-10-7-11-15-30)41(51)47-18-20-53-21-19-47)46-39(49)32(22-31-16-17-36-37(25-31)55-27-54-36)26-35(48)33(23-29-12-8-6-9-13-29)45-42(52)56-43(3,4)5/h6-17,25,28,32-35,38,48H,18-24,26-27H2,1-5H3,(H,44,50)(H,45,52)(H,46,49)/t32-,33-,34-,35-,38-/m0/s1. The van der Waals surface area contributed by atoms with Crippen LogP contribution in [0.25, 0.3) is 0 Å². The van der Waals surface area contributed by atoms with Crippen LogP contribution >= 0.6 is 0 Å². The number of fused-ring (bicyclic) bond motifs is 1. The molecule has 0 radical (unpaired) electrons. The molecule has 0 saturated carbocycles. The zero-order valence-corrected chi connectivity index (χ0v) is 33.0. The molecule has 0 unspecified atom stereocenters. The van der Waals surface area contributed by atoms with Crippen molar-refractivity contribution in [1.29, 1.82) is 0 Å². The second kappa shape index (κ2) is 19.6. The Morgan fingerprint density at radius 2 is 1.39 bits per heavy atom. The summed E-state index contributed by atoms with van der Waals surface area (Å²) in [5.74, 6) is -1.25. The third-order valence-corrected chi connectivity index (χ3v) is 9.75. The van der Waals surface area contributed by atoms with Crippen LogP contribution in [0.1, 0.15) is 57.7 Å². The molecule has 5 atom stereocenters. The Morgan fingerprint density at radius 3 is 2.02 bits per heavy atom. The molecule has 0 aromatic heterocycles. The first kappa shape index (κ1) is 42.0. The zero-order valence-electron chi connectivity index (χ0n) is 33.0. The summed E-state index contributed by atoms with van der Waals surface area (Å²) in [6, 6.07) is 21.6. The van der Waals surface area contributed by atoms with Crippen LogP contribution < -0.4 is 25.4 Å². The highest BCUT2D eigenvalue weighted by Gasteiger charge is 2.35. The molecule has 2 heterocycles. The predicted octanol–water partition coefficient (Wildman–Crippen LogP) is 4.19. The summed E-state index contributed by atoms with van der Waals surface area (Å²) in [6.07, 6.45) is -1.22. The predicted molar refractivity (Wildman–Crippen MR) is 210 cm³/mol. The Kier molecular flexibility index (Phi) is 14.7. The molecule has 5 rings (SSSR count). The van der Waals surface area contributed by atoms with Crippen LogP contribution in [0.2, 0.25) is 0 Å². The van der Waals surface area contributed by atoms with E-state index in [9.17, 15) is 24.3 Å². The summed E-state index contributed by atoms with van der Waals surface area (Å²) in [5, 5.41) is 20.6. The summed E-state index contributed by atoms with van der Waals surface area (Å²) >= 11 is 0. The minimum absolute atomic E-state index is 0.0633. The minimum atomic E-state index is -1.19. The van der Waals surface area contributed by atoms with Crippen LogP contribution in [0.5, 0.6) is 11.5 Å². The van der Waals surface area contributed by atoms with E-state index < -0.39 is 53.7 Å². The van der Waals surface area contributed by atoms with Crippen molar-refractivity contribution in [2.24, 2.45) is 11.8 Å². The number of benzene rings is 3. The van der Waals surface area contributed by atoms with E-state index in [0.717, 1.165) is 16.7 Å². The molecule has 0 aliphatic carbocycles. The molecular weight excluding hydrogens is 716 g/mol. The molecule has 302 valence electrons. The quantitative estimate of drug-likeness (QED) is 0.167. The van der Waals surface area contributed by atoms with E-state index in [4.69, 9.17) is 18.9 Å². The van der Waals surface area contributed by atoms with Crippen LogP contribution in [0, 0.1) is 11.8 Å². The molecule has 56 heavy (non-hydrogen) atoms. The van der Waals surface area contributed by atoms with Crippen molar-refractivity contribution in [2.75, 3.05) is 33.1 Å². The van der Waals surface area contributed by atoms with Gasteiger partial charge >= 0.3 is 6.09 Å². The van der Waals surface area contributed by atoms with Gasteiger partial charge in [-0.3, -0.25) is 14.4 Å². The van der Waals surface area contributed by atoms with E-state index in [2.05, 4.69) is 16.0 Å². The highest BCUT2D eigenvalue weighted by Crippen LogP contribution is 2.33. The van der Waals surface area contributed by atoms with Gasteiger partial charge in [0.05, 0.1) is 25.4 Å². The second-order valence-electron chi connectivity index (χ2n) is 15.8. The fourth-order valence-electron chi connectivity index (χ4n) is 6.82. The number of carbonyl (C=O) groups excluding carboxylic acids is 4. The van der Waals surface area contributed by atoms with E-state index in [1.165, 1.54) is 0 Å². The average molecular weight is 773 g/mol. The van der Waals surface area contributed by atoms with Gasteiger partial charge in [0, 0.05) is 25.4 Å². The summed E-state index contributed by atoms with van der Waals surface area (Å²) in [7, 11) is 0. The van der Waals surface area contributed by atoms with E-state index in [1.807, 2.05) is 80.6 Å². The lowest BCUT2D eigenvalue weighted by Crippen LogP contribution is -2.58. The number of nitrogens with one attached hydrogen (secondary N) is 3. The number of hydrogen-bond donors (Lipinski definition) is 4. The van der Waals surface area contributed by atoms with Gasteiger partial charge in [0.15, 0.2) is 11.5 Å². The Bertz CT molecular complexity index is 1760. The van der Waals surface area contributed by atoms with Crippen molar-refractivity contribution < 1.29 is 43.2 Å². The molecule has 2 aliphatic rings. The maximum Gasteiger partial charge on any atom is 0.407 e. The Hall–Kier alpha value is -5.14. The zero-order chi connectivity index (χ0) is 40.2. The molecule has 3 aromatic rings. The number of alkyl carbamates (subject to hydrolysis) is 1. The second-order valence-corrected chi connectivity index (χ2v) is 15.8. The van der Waals surface area contributed by atoms with Crippen molar-refractivity contribution in [3.63, 3.8) is 0 Å². The van der Waals surface area contributed by atoms with Crippen molar-refractivity contribution in [3.05, 3.63) is 95.6 Å². The molecule has 0 spiro atoms. The van der Waals surface area contributed by atoms with Gasteiger partial charge in [-0.2, -0.15) is 0 Å². The van der Waals surface area contributed by atoms with Gasteiger partial charge in [0.25, 0.3) is 0 Å². The molecule has 1 fully saturated rings. The van der Waals surface area contributed by atoms with Crippen LogP contribution in [0.15, 0.2) is 78.9 Å². The Morgan fingerprint density at radius 1 is 0.768 bits per heavy atom. The highest BCUT2D eigenvalue weighted by molar-refractivity contribution is 5.93. The highest BCUT2D eigenvalue weighted by atomic mass is 16.7. The topological polar surface area (TPSA) is 165 Å². The smallest absolute Gasteiger partial charge is 0.407 e. The normalized spacial score (nSPS) is 16.6. The molecular formula is C43H56N4O9. The summed E-state index contributed by atoms with van der Waals surface area (Å²) in [6.45, 7) is 10.7. The van der Waals surface area contributed by atoms with Crippen molar-refractivity contribution in [3.8, 4) is 11.5 Å². The van der Waals surface area contributed by atoms with E-state index in [1.54, 1.807) is 37.8 Å². The average Bonchev–Trinajstić information content (AvgIpc) is 3.64. The van der Waals surface area contributed by atoms with Crippen LogP contribution in [-0.2, 0) is 43.1 Å². The first-order valence-corrected chi connectivity index (χ1v) is 19.4. The number of aliphatic hydroxyl groups excluding tert-OH is 1. The van der Waals surface area contributed by atoms with Crippen LogP contribution in [0.4, 0.5) is 4.79 Å². The lowest BCUT2D eigenvalue weighted by atomic mass is 9.88. The molecule has 2 aliphatic heterocycles. The van der Waals surface area contributed by atoms with Crippen LogP contribution in [0.3, 0.4) is 0 Å². The molecule has 0 bridgehead atoms. The van der Waals surface area contributed by atoms with E-state index in [-0.39, 0.29) is 44.3 Å². The number of ether oxygens (including phenoxy) is 4. The molecule has 4 amide bonds. The maximum atomic E-state index is 14.4. The van der Waals surface area contributed by atoms with Crippen molar-refractivity contribution in [2.45, 2.75) is 90.1 Å². The number of aliphatic hydroxyl groups is 1. The summed E-state index contributed by atoms with van der Waals surface area (Å²) < 4.78 is 22.1. The number of hydrogen-bond acceptors (Lipinski definition) is 9. The van der Waals surface area contributed by atoms with E-state index >= 15 is 0 Å². The number of nitrogens with zero attached hydrogens (tertiary/aromatic N) is 1. The lowest BCUT2D eigenvalue weighted by molar-refractivity contribution is -0.141. The molecule has 13 nitrogen and oxygen atoms in total. The molecule has 13 heteroatoms. The van der Waals surface area contributed by atoms with E-state index in [0.29, 0.717) is 37.8 Å².